The molecule has 5 aromatic heterocycles. The lowest BCUT2D eigenvalue weighted by atomic mass is 10.2. The third-order valence-electron chi connectivity index (χ3n) is 12.3. The van der Waals surface area contributed by atoms with Crippen molar-refractivity contribution in [2.24, 2.45) is 0 Å². The maximum Gasteiger partial charge on any atom is 0.694 e. The number of anilines is 4. The molecule has 37 nitrogen and oxygen atoms in total. The van der Waals surface area contributed by atoms with Crippen molar-refractivity contribution < 1.29 is 93.6 Å². The Kier molecular flexibility index (Phi) is 17.1. The first-order chi connectivity index (χ1) is 36.9. The van der Waals surface area contributed by atoms with E-state index in [1.54, 1.807) is 0 Å². The second kappa shape index (κ2) is 23.3. The molecule has 9 heterocycles. The van der Waals surface area contributed by atoms with Gasteiger partial charge in [-0.05, 0) is 18.2 Å². The van der Waals surface area contributed by atoms with E-state index >= 15 is 0 Å². The van der Waals surface area contributed by atoms with Crippen LogP contribution in [0.2, 0.25) is 0 Å². The second-order valence-corrected chi connectivity index (χ2v) is 22.4. The van der Waals surface area contributed by atoms with Gasteiger partial charge in [-0.15, -0.1) is 9.42 Å². The number of rotatable bonds is 22. The van der Waals surface area contributed by atoms with E-state index < -0.39 is 162 Å². The summed E-state index contributed by atoms with van der Waals surface area (Å²) in [6, 6.07) is 3.75. The molecule has 4 aliphatic rings. The fraction of sp³-hybridized carbons (Fsp3) is 0.541. The predicted octanol–water partition coefficient (Wildman–Crippen LogP) is -1.39. The molecule has 0 amide bonds. The highest BCUT2D eigenvalue weighted by Gasteiger charge is 2.49. The van der Waals surface area contributed by atoms with Crippen molar-refractivity contribution >= 4 is 66.2 Å². The van der Waals surface area contributed by atoms with Gasteiger partial charge in [-0.2, -0.15) is 15.0 Å². The van der Waals surface area contributed by atoms with Crippen LogP contribution < -0.4 is 40.0 Å². The molecule has 78 heavy (non-hydrogen) atoms. The third-order valence-corrected chi connectivity index (χ3v) is 15.7. The molecular formula is C37H49N14O23P4+. The topological polar surface area (TPSA) is 523 Å². The summed E-state index contributed by atoms with van der Waals surface area (Å²) in [6.45, 7) is -3.32. The number of ether oxygens (including phenoxy) is 4. The molecule has 0 radical (unpaired) electrons. The molecule has 0 aliphatic carbocycles. The Balaban J connectivity index is 0.873. The lowest BCUT2D eigenvalue weighted by molar-refractivity contribution is -0.0632. The Labute approximate surface area is 436 Å². The van der Waals surface area contributed by atoms with Gasteiger partial charge in [0, 0.05) is 48.8 Å². The number of nitrogens with two attached hydrogens (primary N) is 4. The predicted molar refractivity (Wildman–Crippen MR) is 256 cm³/mol. The number of nitrogen functional groups attached to an aromatic ring is 4. The minimum Gasteiger partial charge on any atom is -0.390 e. The number of phosphoric acid groups is 3. The Hall–Kier alpha value is -5.46. The van der Waals surface area contributed by atoms with Gasteiger partial charge >= 0.3 is 48.8 Å². The van der Waals surface area contributed by atoms with Gasteiger partial charge in [-0.3, -0.25) is 45.4 Å². The van der Waals surface area contributed by atoms with Gasteiger partial charge < -0.3 is 61.7 Å². The molecule has 0 saturated carbocycles. The van der Waals surface area contributed by atoms with Crippen LogP contribution in [0.15, 0.2) is 63.8 Å². The molecule has 16 atom stereocenters. The molecule has 0 bridgehead atoms. The zero-order valence-corrected chi connectivity index (χ0v) is 43.4. The van der Waals surface area contributed by atoms with Crippen LogP contribution in [0, 0.1) is 0 Å². The highest BCUT2D eigenvalue weighted by molar-refractivity contribution is 7.48. The van der Waals surface area contributed by atoms with Crippen LogP contribution in [-0.2, 0) is 68.9 Å². The Morgan fingerprint density at radius 1 is 0.577 bits per heavy atom. The number of imidazole rings is 1. The van der Waals surface area contributed by atoms with Crippen molar-refractivity contribution in [2.75, 3.05) is 49.4 Å². The molecule has 41 heteroatoms. The number of aromatic nitrogens is 10. The highest BCUT2D eigenvalue weighted by atomic mass is 31.2. The summed E-state index contributed by atoms with van der Waals surface area (Å²) >= 11 is 0. The van der Waals surface area contributed by atoms with Crippen LogP contribution in [0.25, 0.3) is 11.2 Å². The van der Waals surface area contributed by atoms with Crippen LogP contribution >= 0.6 is 31.7 Å². The quantitative estimate of drug-likeness (QED) is 0.0360. The lowest BCUT2D eigenvalue weighted by Gasteiger charge is -2.25. The van der Waals surface area contributed by atoms with Crippen LogP contribution in [0.1, 0.15) is 50.6 Å². The zero-order valence-electron chi connectivity index (χ0n) is 39.9. The third kappa shape index (κ3) is 13.6. The van der Waals surface area contributed by atoms with Gasteiger partial charge in [0.1, 0.15) is 104 Å². The van der Waals surface area contributed by atoms with Gasteiger partial charge in [0.15, 0.2) is 11.5 Å². The SMILES string of the molecule is Nc1ccn([C@H]2C[C@H](OP(=O)(O)OC[C@H]3O[C@@H](n4ccc(N)nc4=O)C[C@@H]3OP(=O)(O)OC[C@H]3O[C@@H](n4ccc(N)nc4=O)C[C@@H]3OP(=O)(O)OC[C@H]3O[C@@H](n4cnc5c(N)ncnc54)C[C@@H]3O)[C@@H](CO[P+](=O)O)O2)c(=O)n1. The summed E-state index contributed by atoms with van der Waals surface area (Å²) in [5.74, 6) is -0.342. The fourth-order valence-corrected chi connectivity index (χ4v) is 11.8. The van der Waals surface area contributed by atoms with E-state index in [2.05, 4.69) is 29.9 Å². The van der Waals surface area contributed by atoms with Gasteiger partial charge in [0.2, 0.25) is 0 Å². The Morgan fingerprint density at radius 3 is 1.37 bits per heavy atom. The molecule has 13 N–H and O–H groups in total. The van der Waals surface area contributed by atoms with Crippen LogP contribution in [0.5, 0.6) is 0 Å². The number of phosphoric ester groups is 3. The van der Waals surface area contributed by atoms with Crippen molar-refractivity contribution in [1.82, 2.24) is 48.2 Å². The Morgan fingerprint density at radius 2 is 0.962 bits per heavy atom. The standard InChI is InChI=1S/C37H48N14O23P4/c38-25-1-4-48(35(53)45-25)29-8-18(22(69-29)11-64-75(56)57)72-77(60,61)66-13-24-20(10-31(71-24)50-6-3-27(40)47-37(50)55)74-78(62,63)67-14-23-19(9-30(70-23)49-5-2-26(39)46-36(49)54)73-76(58,59)65-12-21-17(52)7-28(68-21)51-16-44-32-33(41)42-15-43-34(32)51/h1-6,15-24,28-31,52H,7-14H2,(H11-,38,39,40,41,42,43,45,46,47,53,54,55,56,57,58,59,60,61,62,63)/p+1/t17-,18-,19-,20-,21+,22+,23+,24+,28+,29+,30+,31+/m0/s1. The lowest BCUT2D eigenvalue weighted by Crippen LogP contribution is -2.32. The number of aliphatic hydroxyl groups excluding tert-OH is 1. The highest BCUT2D eigenvalue weighted by Crippen LogP contribution is 2.53. The van der Waals surface area contributed by atoms with E-state index in [1.807, 2.05) is 0 Å². The van der Waals surface area contributed by atoms with E-state index in [9.17, 15) is 57.3 Å². The summed E-state index contributed by atoms with van der Waals surface area (Å²) in [7, 11) is -19.0. The van der Waals surface area contributed by atoms with Crippen molar-refractivity contribution in [3.8, 4) is 0 Å². The van der Waals surface area contributed by atoms with Gasteiger partial charge in [0.05, 0.1) is 32.3 Å². The number of aliphatic hydroxyl groups is 1. The number of hydrogen-bond acceptors (Lipinski definition) is 29. The van der Waals surface area contributed by atoms with E-state index in [0.29, 0.717) is 5.65 Å². The van der Waals surface area contributed by atoms with E-state index in [4.69, 9.17) is 73.5 Å². The van der Waals surface area contributed by atoms with Crippen molar-refractivity contribution in [3.05, 3.63) is 80.9 Å². The van der Waals surface area contributed by atoms with Crippen LogP contribution in [0.3, 0.4) is 0 Å². The van der Waals surface area contributed by atoms with Crippen molar-refractivity contribution in [2.45, 2.75) is 99.4 Å². The number of hydrogen-bond donors (Lipinski definition) is 9. The minimum atomic E-state index is -5.39. The maximum atomic E-state index is 13.8. The molecule has 5 aromatic rings. The van der Waals surface area contributed by atoms with E-state index in [-0.39, 0.29) is 41.6 Å². The number of nitrogens with zero attached hydrogens (tertiary/aromatic N) is 10. The summed E-state index contributed by atoms with van der Waals surface area (Å²) in [4.78, 5) is 104. The minimum absolute atomic E-state index is 0.0256. The number of fused-ring (bicyclic) bond motifs is 1. The van der Waals surface area contributed by atoms with E-state index in [1.165, 1.54) is 54.0 Å². The van der Waals surface area contributed by atoms with Crippen LogP contribution in [0.4, 0.5) is 23.3 Å². The molecule has 9 rings (SSSR count). The summed E-state index contributed by atoms with van der Waals surface area (Å²) in [5.41, 5.74) is 20.6. The molecular weight excluding hydrogens is 1130 g/mol. The first-order valence-electron chi connectivity index (χ1n) is 22.9. The first-order valence-corrected chi connectivity index (χ1v) is 28.5. The van der Waals surface area contributed by atoms with E-state index in [0.717, 1.165) is 13.7 Å². The van der Waals surface area contributed by atoms with Gasteiger partial charge in [-0.1, -0.05) is 0 Å². The van der Waals surface area contributed by atoms with Crippen LogP contribution in [-0.4, -0.2) is 148 Å². The normalized spacial score (nSPS) is 29.8. The molecule has 4 unspecified atom stereocenters. The Bertz CT molecular complexity index is 3360. The molecule has 424 valence electrons. The summed E-state index contributed by atoms with van der Waals surface area (Å²) < 4.78 is 117. The molecule has 0 aromatic carbocycles. The molecule has 4 fully saturated rings. The van der Waals surface area contributed by atoms with Crippen molar-refractivity contribution in [1.29, 1.82) is 0 Å². The smallest absolute Gasteiger partial charge is 0.390 e. The average Bonchev–Trinajstić information content (AvgIpc) is 4.26. The summed E-state index contributed by atoms with van der Waals surface area (Å²) in [6.07, 6.45) is -11.4. The fourth-order valence-electron chi connectivity index (χ4n) is 8.69. The average molecular weight is 1180 g/mol. The van der Waals surface area contributed by atoms with Gasteiger partial charge in [-0.25, -0.2) is 43.0 Å². The zero-order chi connectivity index (χ0) is 55.8. The van der Waals surface area contributed by atoms with Gasteiger partial charge in [0.25, 0.3) is 0 Å². The molecule has 4 aliphatic heterocycles. The monoisotopic (exact) mass is 1180 g/mol. The van der Waals surface area contributed by atoms with Crippen molar-refractivity contribution in [3.63, 3.8) is 0 Å². The summed E-state index contributed by atoms with van der Waals surface area (Å²) in [5, 5.41) is 10.8. The molecule has 4 saturated heterocycles. The second-order valence-electron chi connectivity index (χ2n) is 17.5. The largest absolute Gasteiger partial charge is 0.694 e. The first kappa shape index (κ1) is 57.2. The molecule has 0 spiro atoms. The maximum absolute atomic E-state index is 13.8.